The fourth-order valence-electron chi connectivity index (χ4n) is 3.20. The van der Waals surface area contributed by atoms with Gasteiger partial charge in [0.15, 0.2) is 5.82 Å². The molecule has 2 aromatic heterocycles. The van der Waals surface area contributed by atoms with Crippen molar-refractivity contribution in [2.75, 3.05) is 37.6 Å². The summed E-state index contributed by atoms with van der Waals surface area (Å²) in [5.41, 5.74) is 3.10. The van der Waals surface area contributed by atoms with Crippen molar-refractivity contribution in [3.63, 3.8) is 0 Å². The van der Waals surface area contributed by atoms with Crippen LogP contribution in [0.5, 0.6) is 0 Å². The summed E-state index contributed by atoms with van der Waals surface area (Å²) in [5.74, 6) is 0.900. The second-order valence-corrected chi connectivity index (χ2v) is 6.18. The van der Waals surface area contributed by atoms with Gasteiger partial charge in [-0.25, -0.2) is 9.97 Å². The Balaban J connectivity index is 1.87. The average molecular weight is 341 g/mol. The number of anilines is 1. The van der Waals surface area contributed by atoms with Crippen LogP contribution in [0.1, 0.15) is 18.2 Å². The van der Waals surface area contributed by atoms with E-state index in [1.807, 2.05) is 24.0 Å². The van der Waals surface area contributed by atoms with Crippen LogP contribution in [0.15, 0.2) is 24.5 Å². The number of hydrogen-bond acceptors (Lipinski definition) is 6. The van der Waals surface area contributed by atoms with Gasteiger partial charge in [0.2, 0.25) is 0 Å². The maximum absolute atomic E-state index is 10.9. The van der Waals surface area contributed by atoms with E-state index in [2.05, 4.69) is 21.8 Å². The standard InChI is InChI=1S/C18H23N5O2/c1-3-15-13(2)20-17(14-4-6-19-7-5-14)21-18(15)23-10-8-22(9-11-23)12-16(24)25/h4-7H,3,8-12H2,1-2H3,(H,24,25). The SMILES string of the molecule is CCc1c(C)nc(-c2ccncc2)nc1N1CCN(CC(=O)O)CC1. The molecule has 0 bridgehead atoms. The summed E-state index contributed by atoms with van der Waals surface area (Å²) in [5, 5.41) is 8.95. The van der Waals surface area contributed by atoms with E-state index in [1.54, 1.807) is 12.4 Å². The number of pyridine rings is 1. The molecule has 0 unspecified atom stereocenters. The molecule has 25 heavy (non-hydrogen) atoms. The number of nitrogens with zero attached hydrogens (tertiary/aromatic N) is 5. The van der Waals surface area contributed by atoms with Gasteiger partial charge in [-0.05, 0) is 25.5 Å². The molecule has 0 radical (unpaired) electrons. The number of carbonyl (C=O) groups is 1. The van der Waals surface area contributed by atoms with Gasteiger partial charge < -0.3 is 10.0 Å². The Morgan fingerprint density at radius 2 is 1.84 bits per heavy atom. The van der Waals surface area contributed by atoms with Gasteiger partial charge in [0.05, 0.1) is 6.54 Å². The summed E-state index contributed by atoms with van der Waals surface area (Å²) in [7, 11) is 0. The Morgan fingerprint density at radius 3 is 2.44 bits per heavy atom. The van der Waals surface area contributed by atoms with Crippen molar-refractivity contribution in [3.05, 3.63) is 35.8 Å². The minimum atomic E-state index is -0.777. The summed E-state index contributed by atoms with van der Waals surface area (Å²) in [6.07, 6.45) is 4.35. The lowest BCUT2D eigenvalue weighted by molar-refractivity contribution is -0.138. The predicted octanol–water partition coefficient (Wildman–Crippen LogP) is 1.62. The highest BCUT2D eigenvalue weighted by Crippen LogP contribution is 2.26. The van der Waals surface area contributed by atoms with Crippen molar-refractivity contribution in [1.82, 2.24) is 19.9 Å². The molecule has 2 aromatic rings. The highest BCUT2D eigenvalue weighted by molar-refractivity contribution is 5.69. The summed E-state index contributed by atoms with van der Waals surface area (Å²) in [6, 6.07) is 3.82. The molecule has 1 fully saturated rings. The van der Waals surface area contributed by atoms with Crippen molar-refractivity contribution in [2.24, 2.45) is 0 Å². The molecule has 1 N–H and O–H groups in total. The van der Waals surface area contributed by atoms with Crippen molar-refractivity contribution in [2.45, 2.75) is 20.3 Å². The Hall–Kier alpha value is -2.54. The number of rotatable bonds is 5. The summed E-state index contributed by atoms with van der Waals surface area (Å²) < 4.78 is 0. The number of carboxylic acids is 1. The zero-order valence-electron chi connectivity index (χ0n) is 14.6. The number of hydrogen-bond donors (Lipinski definition) is 1. The second-order valence-electron chi connectivity index (χ2n) is 6.18. The van der Waals surface area contributed by atoms with Crippen molar-refractivity contribution in [1.29, 1.82) is 0 Å². The zero-order chi connectivity index (χ0) is 17.8. The third-order valence-electron chi connectivity index (χ3n) is 4.51. The van der Waals surface area contributed by atoms with E-state index >= 15 is 0 Å². The molecule has 0 spiro atoms. The van der Waals surface area contributed by atoms with Gasteiger partial charge in [0.25, 0.3) is 0 Å². The Labute approximate surface area is 147 Å². The highest BCUT2D eigenvalue weighted by Gasteiger charge is 2.23. The first-order chi connectivity index (χ1) is 12.1. The molecule has 1 aliphatic rings. The summed E-state index contributed by atoms with van der Waals surface area (Å²) >= 11 is 0. The minimum Gasteiger partial charge on any atom is -0.480 e. The first-order valence-electron chi connectivity index (χ1n) is 8.55. The molecule has 7 heteroatoms. The minimum absolute atomic E-state index is 0.0968. The fraction of sp³-hybridized carbons (Fsp3) is 0.444. The van der Waals surface area contributed by atoms with Crippen LogP contribution in [0.4, 0.5) is 5.82 Å². The maximum Gasteiger partial charge on any atom is 0.317 e. The van der Waals surface area contributed by atoms with Gasteiger partial charge in [-0.1, -0.05) is 6.92 Å². The lowest BCUT2D eigenvalue weighted by Crippen LogP contribution is -2.48. The van der Waals surface area contributed by atoms with Crippen LogP contribution in [0, 0.1) is 6.92 Å². The fourth-order valence-corrected chi connectivity index (χ4v) is 3.20. The Bertz CT molecular complexity index is 743. The van der Waals surface area contributed by atoms with Crippen LogP contribution in [0.25, 0.3) is 11.4 Å². The molecule has 7 nitrogen and oxygen atoms in total. The monoisotopic (exact) mass is 341 g/mol. The molecule has 0 amide bonds. The molecule has 3 rings (SSSR count). The van der Waals surface area contributed by atoms with E-state index in [9.17, 15) is 4.79 Å². The normalized spacial score (nSPS) is 15.4. The van der Waals surface area contributed by atoms with Crippen molar-refractivity contribution < 1.29 is 9.90 Å². The number of carboxylic acid groups (broad SMARTS) is 1. The van der Waals surface area contributed by atoms with Crippen LogP contribution >= 0.6 is 0 Å². The second kappa shape index (κ2) is 7.57. The molecule has 1 saturated heterocycles. The molecule has 0 aromatic carbocycles. The van der Waals surface area contributed by atoms with Crippen LogP contribution in [-0.2, 0) is 11.2 Å². The zero-order valence-corrected chi connectivity index (χ0v) is 14.6. The predicted molar refractivity (Wildman–Crippen MR) is 95.7 cm³/mol. The largest absolute Gasteiger partial charge is 0.480 e. The molecular formula is C18H23N5O2. The lowest BCUT2D eigenvalue weighted by atomic mass is 10.1. The molecule has 1 aliphatic heterocycles. The van der Waals surface area contributed by atoms with Crippen LogP contribution in [0.3, 0.4) is 0 Å². The Kier molecular flexibility index (Phi) is 5.23. The molecular weight excluding hydrogens is 318 g/mol. The van der Waals surface area contributed by atoms with E-state index in [0.29, 0.717) is 5.82 Å². The van der Waals surface area contributed by atoms with Gasteiger partial charge in [-0.3, -0.25) is 14.7 Å². The molecule has 0 atom stereocenters. The van der Waals surface area contributed by atoms with Crippen LogP contribution < -0.4 is 4.90 Å². The third-order valence-corrected chi connectivity index (χ3v) is 4.51. The van der Waals surface area contributed by atoms with E-state index in [-0.39, 0.29) is 6.54 Å². The van der Waals surface area contributed by atoms with E-state index in [4.69, 9.17) is 10.1 Å². The topological polar surface area (TPSA) is 82.5 Å². The van der Waals surface area contributed by atoms with E-state index in [1.165, 1.54) is 0 Å². The van der Waals surface area contributed by atoms with Crippen molar-refractivity contribution in [3.8, 4) is 11.4 Å². The van der Waals surface area contributed by atoms with E-state index in [0.717, 1.165) is 55.2 Å². The molecule has 0 aliphatic carbocycles. The maximum atomic E-state index is 10.9. The lowest BCUT2D eigenvalue weighted by Gasteiger charge is -2.35. The van der Waals surface area contributed by atoms with E-state index < -0.39 is 5.97 Å². The molecule has 3 heterocycles. The number of aliphatic carboxylic acids is 1. The summed E-state index contributed by atoms with van der Waals surface area (Å²) in [4.78, 5) is 28.7. The number of aromatic nitrogens is 3. The summed E-state index contributed by atoms with van der Waals surface area (Å²) in [6.45, 7) is 7.22. The van der Waals surface area contributed by atoms with Gasteiger partial charge >= 0.3 is 5.97 Å². The number of piperazine rings is 1. The molecule has 0 saturated carbocycles. The number of aryl methyl sites for hydroxylation is 1. The van der Waals surface area contributed by atoms with Gasteiger partial charge in [-0.15, -0.1) is 0 Å². The Morgan fingerprint density at radius 1 is 1.16 bits per heavy atom. The van der Waals surface area contributed by atoms with Crippen LogP contribution in [-0.4, -0.2) is 63.7 Å². The highest BCUT2D eigenvalue weighted by atomic mass is 16.4. The average Bonchev–Trinajstić information content (AvgIpc) is 2.62. The molecule has 132 valence electrons. The van der Waals surface area contributed by atoms with Crippen molar-refractivity contribution >= 4 is 11.8 Å². The third kappa shape index (κ3) is 3.93. The van der Waals surface area contributed by atoms with Gasteiger partial charge in [0, 0.05) is 55.4 Å². The smallest absolute Gasteiger partial charge is 0.317 e. The quantitative estimate of drug-likeness (QED) is 0.885. The van der Waals surface area contributed by atoms with Gasteiger partial charge in [-0.2, -0.15) is 0 Å². The van der Waals surface area contributed by atoms with Gasteiger partial charge in [0.1, 0.15) is 5.82 Å². The first kappa shape index (κ1) is 17.3. The first-order valence-corrected chi connectivity index (χ1v) is 8.55. The van der Waals surface area contributed by atoms with Crippen LogP contribution in [0.2, 0.25) is 0 Å².